The van der Waals surface area contributed by atoms with Crippen LogP contribution in [0.1, 0.15) is 49.2 Å². The number of aryl methyl sites for hydroxylation is 1. The summed E-state index contributed by atoms with van der Waals surface area (Å²) in [4.78, 5) is 42.8. The van der Waals surface area contributed by atoms with Crippen molar-refractivity contribution in [2.24, 2.45) is 12.5 Å². The van der Waals surface area contributed by atoms with Crippen LogP contribution < -0.4 is 15.0 Å². The summed E-state index contributed by atoms with van der Waals surface area (Å²) in [5, 5.41) is 0. The molecule has 0 radical (unpaired) electrons. The molecule has 0 fully saturated rings. The van der Waals surface area contributed by atoms with Crippen molar-refractivity contribution in [3.8, 4) is 11.5 Å². The maximum atomic E-state index is 13.6. The molecule has 8 nitrogen and oxygen atoms in total. The van der Waals surface area contributed by atoms with Gasteiger partial charge in [0, 0.05) is 25.7 Å². The summed E-state index contributed by atoms with van der Waals surface area (Å²) < 4.78 is 30.7. The van der Waals surface area contributed by atoms with Gasteiger partial charge in [-0.1, -0.05) is 6.07 Å². The number of hydrogen-bond donors (Lipinski definition) is 0. The molecule has 0 aliphatic carbocycles. The van der Waals surface area contributed by atoms with Crippen LogP contribution in [0.4, 0.5) is 4.39 Å². The highest BCUT2D eigenvalue weighted by Crippen LogP contribution is 2.30. The van der Waals surface area contributed by atoms with Gasteiger partial charge in [-0.05, 0) is 51.0 Å². The largest absolute Gasteiger partial charge is 0.496 e. The van der Waals surface area contributed by atoms with Gasteiger partial charge in [-0.25, -0.2) is 9.18 Å². The first-order chi connectivity index (χ1) is 16.0. The highest BCUT2D eigenvalue weighted by Gasteiger charge is 2.31. The van der Waals surface area contributed by atoms with Crippen molar-refractivity contribution in [1.29, 1.82) is 0 Å². The van der Waals surface area contributed by atoms with Crippen LogP contribution in [0.15, 0.2) is 35.3 Å². The van der Waals surface area contributed by atoms with Crippen molar-refractivity contribution < 1.29 is 28.2 Å². The van der Waals surface area contributed by atoms with E-state index < -0.39 is 34.3 Å². The molecule has 3 rings (SSSR count). The maximum absolute atomic E-state index is 13.6. The van der Waals surface area contributed by atoms with E-state index in [1.807, 2.05) is 0 Å². The molecule has 0 atom stereocenters. The standard InChI is InChI=1S/C25H27FN2O6/c1-7-33-23(30)19-21(34-24(31)25(2,3)4)20-17(28(5)22(19)29)11-14(13-27-20)10-15-8-9-16(26)12-18(15)32-6/h8-9,11-13H,7,10H2,1-6H3. The van der Waals surface area contributed by atoms with Crippen LogP contribution in [-0.4, -0.2) is 35.2 Å². The lowest BCUT2D eigenvalue weighted by atomic mass is 9.97. The Balaban J connectivity index is 2.20. The first-order valence-electron chi connectivity index (χ1n) is 10.7. The van der Waals surface area contributed by atoms with Crippen LogP contribution in [0.3, 0.4) is 0 Å². The minimum Gasteiger partial charge on any atom is -0.496 e. The van der Waals surface area contributed by atoms with Gasteiger partial charge < -0.3 is 18.8 Å². The molecule has 0 saturated heterocycles. The number of halogens is 1. The second-order valence-corrected chi connectivity index (χ2v) is 8.77. The second-order valence-electron chi connectivity index (χ2n) is 8.77. The third kappa shape index (κ3) is 4.93. The van der Waals surface area contributed by atoms with Crippen LogP contribution in [0.2, 0.25) is 0 Å². The van der Waals surface area contributed by atoms with Gasteiger partial charge in [-0.15, -0.1) is 0 Å². The van der Waals surface area contributed by atoms with Crippen molar-refractivity contribution in [2.75, 3.05) is 13.7 Å². The molecule has 2 heterocycles. The normalized spacial score (nSPS) is 11.4. The third-order valence-corrected chi connectivity index (χ3v) is 5.18. The van der Waals surface area contributed by atoms with Crippen LogP contribution in [0.5, 0.6) is 11.5 Å². The number of ether oxygens (including phenoxy) is 3. The number of methoxy groups -OCH3 is 1. The maximum Gasteiger partial charge on any atom is 0.347 e. The summed E-state index contributed by atoms with van der Waals surface area (Å²) in [5.41, 5.74) is -0.0259. The summed E-state index contributed by atoms with van der Waals surface area (Å²) in [6.45, 7) is 6.62. The predicted octanol–water partition coefficient (Wildman–Crippen LogP) is 3.80. The quantitative estimate of drug-likeness (QED) is 0.506. The molecule has 0 unspecified atom stereocenters. The molecule has 0 spiro atoms. The molecule has 0 bridgehead atoms. The fourth-order valence-electron chi connectivity index (χ4n) is 3.33. The van der Waals surface area contributed by atoms with E-state index in [0.717, 1.165) is 5.56 Å². The molecule has 3 aromatic rings. The van der Waals surface area contributed by atoms with Gasteiger partial charge in [-0.2, -0.15) is 0 Å². The highest BCUT2D eigenvalue weighted by atomic mass is 19.1. The summed E-state index contributed by atoms with van der Waals surface area (Å²) in [6, 6.07) is 5.93. The number of pyridine rings is 2. The van der Waals surface area contributed by atoms with E-state index in [0.29, 0.717) is 23.3 Å². The number of rotatable bonds is 6. The van der Waals surface area contributed by atoms with E-state index >= 15 is 0 Å². The van der Waals surface area contributed by atoms with Crippen molar-refractivity contribution in [2.45, 2.75) is 34.1 Å². The lowest BCUT2D eigenvalue weighted by Crippen LogP contribution is -2.31. The van der Waals surface area contributed by atoms with E-state index in [2.05, 4.69) is 4.98 Å². The Morgan fingerprint density at radius 1 is 1.18 bits per heavy atom. The molecular weight excluding hydrogens is 443 g/mol. The fraction of sp³-hybridized carbons (Fsp3) is 0.360. The van der Waals surface area contributed by atoms with Crippen molar-refractivity contribution >= 4 is 23.0 Å². The number of fused-ring (bicyclic) bond motifs is 1. The Bertz CT molecular complexity index is 1320. The number of nitrogens with zero attached hydrogens (tertiary/aromatic N) is 2. The zero-order valence-corrected chi connectivity index (χ0v) is 20.0. The van der Waals surface area contributed by atoms with Crippen molar-refractivity contribution in [3.05, 3.63) is 63.3 Å². The highest BCUT2D eigenvalue weighted by molar-refractivity contribution is 6.00. The van der Waals surface area contributed by atoms with Gasteiger partial charge in [-0.3, -0.25) is 14.6 Å². The van der Waals surface area contributed by atoms with Crippen LogP contribution in [0.25, 0.3) is 11.0 Å². The second kappa shape index (κ2) is 9.62. The lowest BCUT2D eigenvalue weighted by Gasteiger charge is -2.19. The lowest BCUT2D eigenvalue weighted by molar-refractivity contribution is -0.142. The third-order valence-electron chi connectivity index (χ3n) is 5.18. The average Bonchev–Trinajstić information content (AvgIpc) is 2.78. The minimum atomic E-state index is -0.899. The Labute approximate surface area is 196 Å². The fourth-order valence-corrected chi connectivity index (χ4v) is 3.33. The van der Waals surface area contributed by atoms with E-state index in [1.165, 1.54) is 30.9 Å². The minimum absolute atomic E-state index is 0.0402. The van der Waals surface area contributed by atoms with Crippen LogP contribution in [0, 0.1) is 11.2 Å². The predicted molar refractivity (Wildman–Crippen MR) is 124 cm³/mol. The van der Waals surface area contributed by atoms with E-state index in [4.69, 9.17) is 14.2 Å². The van der Waals surface area contributed by atoms with E-state index in [-0.39, 0.29) is 17.9 Å². The monoisotopic (exact) mass is 470 g/mol. The Hall–Kier alpha value is -3.75. The Morgan fingerprint density at radius 2 is 1.88 bits per heavy atom. The Kier molecular flexibility index (Phi) is 7.04. The smallest absolute Gasteiger partial charge is 0.347 e. The topological polar surface area (TPSA) is 96.7 Å². The van der Waals surface area contributed by atoms with E-state index in [9.17, 15) is 18.8 Å². The molecule has 2 aromatic heterocycles. The molecule has 34 heavy (non-hydrogen) atoms. The number of hydrogen-bond acceptors (Lipinski definition) is 7. The summed E-state index contributed by atoms with van der Waals surface area (Å²) in [7, 11) is 2.94. The number of esters is 2. The first-order valence-corrected chi connectivity index (χ1v) is 10.7. The Morgan fingerprint density at radius 3 is 2.50 bits per heavy atom. The van der Waals surface area contributed by atoms with Gasteiger partial charge in [0.25, 0.3) is 5.56 Å². The van der Waals surface area contributed by atoms with E-state index in [1.54, 1.807) is 46.0 Å². The zero-order chi connectivity index (χ0) is 25.2. The summed E-state index contributed by atoms with van der Waals surface area (Å²) in [6.07, 6.45) is 1.89. The molecule has 0 N–H and O–H groups in total. The molecule has 180 valence electrons. The van der Waals surface area contributed by atoms with Gasteiger partial charge in [0.05, 0.1) is 24.6 Å². The molecule has 1 aromatic carbocycles. The molecule has 0 amide bonds. The van der Waals surface area contributed by atoms with Crippen LogP contribution >= 0.6 is 0 Å². The molecule has 9 heteroatoms. The summed E-state index contributed by atoms with van der Waals surface area (Å²) in [5.74, 6) is -1.80. The number of aromatic nitrogens is 2. The van der Waals surface area contributed by atoms with Crippen LogP contribution in [-0.2, 0) is 23.0 Å². The average molecular weight is 470 g/mol. The summed E-state index contributed by atoms with van der Waals surface area (Å²) >= 11 is 0. The van der Waals surface area contributed by atoms with Gasteiger partial charge >= 0.3 is 11.9 Å². The first kappa shape index (κ1) is 24.9. The SMILES string of the molecule is CCOC(=O)c1c(OC(=O)C(C)(C)C)c2ncc(Cc3ccc(F)cc3OC)cc2n(C)c1=O. The van der Waals surface area contributed by atoms with Gasteiger partial charge in [0.2, 0.25) is 0 Å². The van der Waals surface area contributed by atoms with Crippen molar-refractivity contribution in [3.63, 3.8) is 0 Å². The molecule has 0 aliphatic heterocycles. The van der Waals surface area contributed by atoms with Gasteiger partial charge in [0.1, 0.15) is 17.1 Å². The van der Waals surface area contributed by atoms with Gasteiger partial charge in [0.15, 0.2) is 11.3 Å². The number of carbonyl (C=O) groups excluding carboxylic acids is 2. The molecule has 0 saturated carbocycles. The number of carbonyl (C=O) groups is 2. The molecule has 0 aliphatic rings. The molecular formula is C25H27FN2O6. The zero-order valence-electron chi connectivity index (χ0n) is 20.0. The van der Waals surface area contributed by atoms with Crippen molar-refractivity contribution in [1.82, 2.24) is 9.55 Å². The number of benzene rings is 1.